The largest absolute Gasteiger partial charge is 0.461 e. The lowest BCUT2D eigenvalue weighted by molar-refractivity contribution is -0.141. The van der Waals surface area contributed by atoms with Gasteiger partial charge < -0.3 is 9.64 Å². The third-order valence-corrected chi connectivity index (χ3v) is 4.59. The van der Waals surface area contributed by atoms with Gasteiger partial charge in [0.1, 0.15) is 11.9 Å². The quantitative estimate of drug-likeness (QED) is 0.665. The van der Waals surface area contributed by atoms with Gasteiger partial charge in [0, 0.05) is 5.41 Å². The predicted molar refractivity (Wildman–Crippen MR) is 61.6 cm³/mol. The summed E-state index contributed by atoms with van der Waals surface area (Å²) in [7, 11) is -1.60. The summed E-state index contributed by atoms with van der Waals surface area (Å²) < 4.78 is 27.5. The summed E-state index contributed by atoms with van der Waals surface area (Å²) in [5.74, 6) is -0.564. The predicted octanol–water partition coefficient (Wildman–Crippen LogP) is -0.698. The number of rotatable bonds is 2. The molecule has 0 saturated carbocycles. The molecule has 98 valence electrons. The Balaban J connectivity index is 2.16. The van der Waals surface area contributed by atoms with Crippen LogP contribution in [0.2, 0.25) is 0 Å². The van der Waals surface area contributed by atoms with Crippen molar-refractivity contribution in [3.63, 3.8) is 0 Å². The standard InChI is InChI=1S/C10H18N2O4S/c1-12-4-2-10(3-5-12)6-9(13)16-8(10)7-17(11,14)15/h8H,2-7H2,1H3,(H2,11,14,15). The summed E-state index contributed by atoms with van der Waals surface area (Å²) >= 11 is 0. The average molecular weight is 262 g/mol. The van der Waals surface area contributed by atoms with Gasteiger partial charge in [0.15, 0.2) is 0 Å². The maximum Gasteiger partial charge on any atom is 0.306 e. The van der Waals surface area contributed by atoms with Gasteiger partial charge in [-0.1, -0.05) is 0 Å². The number of nitrogens with zero attached hydrogens (tertiary/aromatic N) is 1. The van der Waals surface area contributed by atoms with Crippen molar-refractivity contribution in [2.24, 2.45) is 10.6 Å². The number of hydrogen-bond donors (Lipinski definition) is 1. The first-order valence-electron chi connectivity index (χ1n) is 5.69. The van der Waals surface area contributed by atoms with Gasteiger partial charge in [0.25, 0.3) is 0 Å². The van der Waals surface area contributed by atoms with E-state index in [1.807, 2.05) is 7.05 Å². The van der Waals surface area contributed by atoms with Crippen LogP contribution in [0, 0.1) is 5.41 Å². The lowest BCUT2D eigenvalue weighted by atomic mass is 9.73. The van der Waals surface area contributed by atoms with Crippen molar-refractivity contribution < 1.29 is 17.9 Å². The van der Waals surface area contributed by atoms with Crippen molar-refractivity contribution in [3.8, 4) is 0 Å². The van der Waals surface area contributed by atoms with E-state index < -0.39 is 16.1 Å². The second-order valence-electron chi connectivity index (χ2n) is 5.15. The third-order valence-electron chi connectivity index (χ3n) is 3.82. The highest BCUT2D eigenvalue weighted by Gasteiger charge is 2.51. The first-order valence-corrected chi connectivity index (χ1v) is 7.41. The number of esters is 1. The molecule has 1 spiro atoms. The van der Waals surface area contributed by atoms with Crippen LogP contribution in [0.4, 0.5) is 0 Å². The Hall–Kier alpha value is -0.660. The van der Waals surface area contributed by atoms with Gasteiger partial charge in [0.2, 0.25) is 10.0 Å². The van der Waals surface area contributed by atoms with E-state index in [9.17, 15) is 13.2 Å². The van der Waals surface area contributed by atoms with Crippen LogP contribution in [-0.4, -0.2) is 51.3 Å². The van der Waals surface area contributed by atoms with Gasteiger partial charge in [-0.05, 0) is 33.0 Å². The highest BCUT2D eigenvalue weighted by molar-refractivity contribution is 7.89. The fourth-order valence-corrected chi connectivity index (χ4v) is 3.55. The number of likely N-dealkylation sites (tertiary alicyclic amines) is 1. The highest BCUT2D eigenvalue weighted by atomic mass is 32.2. The third kappa shape index (κ3) is 2.78. The van der Waals surface area contributed by atoms with Crippen molar-refractivity contribution in [2.75, 3.05) is 25.9 Å². The van der Waals surface area contributed by atoms with Crippen LogP contribution >= 0.6 is 0 Å². The molecule has 0 radical (unpaired) electrons. The van der Waals surface area contributed by atoms with Gasteiger partial charge in [-0.25, -0.2) is 13.6 Å². The fourth-order valence-electron chi connectivity index (χ4n) is 2.71. The molecule has 2 rings (SSSR count). The zero-order valence-electron chi connectivity index (χ0n) is 9.89. The molecular formula is C10H18N2O4S. The lowest BCUT2D eigenvalue weighted by Gasteiger charge is -2.39. The number of piperidine rings is 1. The lowest BCUT2D eigenvalue weighted by Crippen LogP contribution is -2.45. The van der Waals surface area contributed by atoms with E-state index >= 15 is 0 Å². The van der Waals surface area contributed by atoms with Crippen LogP contribution in [0.25, 0.3) is 0 Å². The van der Waals surface area contributed by atoms with Crippen molar-refractivity contribution in [2.45, 2.75) is 25.4 Å². The molecule has 0 bridgehead atoms. The van der Waals surface area contributed by atoms with Crippen molar-refractivity contribution >= 4 is 16.0 Å². The smallest absolute Gasteiger partial charge is 0.306 e. The van der Waals surface area contributed by atoms with E-state index in [0.29, 0.717) is 6.42 Å². The van der Waals surface area contributed by atoms with E-state index in [-0.39, 0.29) is 17.1 Å². The Labute approximate surface area is 101 Å². The van der Waals surface area contributed by atoms with Gasteiger partial charge in [-0.15, -0.1) is 0 Å². The summed E-state index contributed by atoms with van der Waals surface area (Å²) in [6.07, 6.45) is 1.32. The van der Waals surface area contributed by atoms with Crippen LogP contribution in [0.5, 0.6) is 0 Å². The number of carbonyl (C=O) groups is 1. The number of nitrogens with two attached hydrogens (primary N) is 1. The Kier molecular flexibility index (Phi) is 3.17. The van der Waals surface area contributed by atoms with Crippen LogP contribution < -0.4 is 5.14 Å². The molecule has 0 aromatic carbocycles. The van der Waals surface area contributed by atoms with Crippen LogP contribution in [-0.2, 0) is 19.6 Å². The first kappa shape index (κ1) is 12.8. The van der Waals surface area contributed by atoms with E-state index in [1.54, 1.807) is 0 Å². The van der Waals surface area contributed by atoms with E-state index in [0.717, 1.165) is 25.9 Å². The molecule has 2 saturated heterocycles. The summed E-state index contributed by atoms with van der Waals surface area (Å²) in [5.41, 5.74) is -0.323. The van der Waals surface area contributed by atoms with E-state index in [2.05, 4.69) is 4.90 Å². The van der Waals surface area contributed by atoms with Crippen molar-refractivity contribution in [1.82, 2.24) is 4.90 Å². The Morgan fingerprint density at radius 3 is 2.59 bits per heavy atom. The minimum absolute atomic E-state index is 0.261. The Morgan fingerprint density at radius 2 is 2.06 bits per heavy atom. The minimum atomic E-state index is -3.61. The SMILES string of the molecule is CN1CCC2(CC1)CC(=O)OC2CS(N)(=O)=O. The topological polar surface area (TPSA) is 89.7 Å². The van der Waals surface area contributed by atoms with Crippen LogP contribution in [0.3, 0.4) is 0 Å². The maximum absolute atomic E-state index is 11.4. The Morgan fingerprint density at radius 1 is 1.47 bits per heavy atom. The number of cyclic esters (lactones) is 1. The molecule has 0 aromatic rings. The van der Waals surface area contributed by atoms with Crippen molar-refractivity contribution in [3.05, 3.63) is 0 Å². The second kappa shape index (κ2) is 4.22. The van der Waals surface area contributed by atoms with Crippen molar-refractivity contribution in [1.29, 1.82) is 0 Å². The fraction of sp³-hybridized carbons (Fsp3) is 0.900. The number of ether oxygens (including phenoxy) is 1. The van der Waals surface area contributed by atoms with Gasteiger partial charge >= 0.3 is 5.97 Å². The molecule has 0 aromatic heterocycles. The summed E-state index contributed by atoms with van der Waals surface area (Å²) in [5, 5.41) is 5.05. The Bertz CT molecular complexity index is 412. The summed E-state index contributed by atoms with van der Waals surface area (Å²) in [6, 6.07) is 0. The zero-order valence-corrected chi connectivity index (χ0v) is 10.7. The molecule has 2 heterocycles. The maximum atomic E-state index is 11.4. The molecule has 2 aliphatic heterocycles. The molecular weight excluding hydrogens is 244 g/mol. The number of primary sulfonamides is 1. The second-order valence-corrected chi connectivity index (χ2v) is 6.81. The van der Waals surface area contributed by atoms with Gasteiger partial charge in [-0.3, -0.25) is 4.79 Å². The summed E-state index contributed by atoms with van der Waals surface area (Å²) in [4.78, 5) is 13.6. The molecule has 2 N–H and O–H groups in total. The van der Waals surface area contributed by atoms with E-state index in [1.165, 1.54) is 0 Å². The van der Waals surface area contributed by atoms with E-state index in [4.69, 9.17) is 9.88 Å². The minimum Gasteiger partial charge on any atom is -0.461 e. The molecule has 2 aliphatic rings. The molecule has 0 aliphatic carbocycles. The highest BCUT2D eigenvalue weighted by Crippen LogP contribution is 2.44. The monoisotopic (exact) mass is 262 g/mol. The molecule has 0 amide bonds. The number of hydrogen-bond acceptors (Lipinski definition) is 5. The number of sulfonamides is 1. The molecule has 6 nitrogen and oxygen atoms in total. The molecule has 1 atom stereocenters. The summed E-state index contributed by atoms with van der Waals surface area (Å²) in [6.45, 7) is 1.72. The van der Waals surface area contributed by atoms with Crippen LogP contribution in [0.15, 0.2) is 0 Å². The average Bonchev–Trinajstić information content (AvgIpc) is 2.46. The van der Waals surface area contributed by atoms with Gasteiger partial charge in [0.05, 0.1) is 6.42 Å². The molecule has 1 unspecified atom stereocenters. The number of carbonyl (C=O) groups excluding carboxylic acids is 1. The molecule has 17 heavy (non-hydrogen) atoms. The normalized spacial score (nSPS) is 29.5. The molecule has 7 heteroatoms. The first-order chi connectivity index (χ1) is 7.81. The van der Waals surface area contributed by atoms with Crippen LogP contribution in [0.1, 0.15) is 19.3 Å². The zero-order chi connectivity index (χ0) is 12.7. The molecule has 2 fully saturated rings. The van der Waals surface area contributed by atoms with Gasteiger partial charge in [-0.2, -0.15) is 0 Å².